The Morgan fingerprint density at radius 3 is 3.09 bits per heavy atom. The third-order valence-electron chi connectivity index (χ3n) is 1.69. The van der Waals surface area contributed by atoms with Gasteiger partial charge in [-0.15, -0.1) is 0 Å². The van der Waals surface area contributed by atoms with Gasteiger partial charge in [0.15, 0.2) is 5.82 Å². The number of aromatic nitrogens is 3. The molecule has 2 heterocycles. The van der Waals surface area contributed by atoms with Crippen molar-refractivity contribution in [3.05, 3.63) is 18.0 Å². The minimum atomic E-state index is 0.519. The molecule has 2 rings (SSSR count). The van der Waals surface area contributed by atoms with Gasteiger partial charge in [0, 0.05) is 6.20 Å². The van der Waals surface area contributed by atoms with Gasteiger partial charge in [0.25, 0.3) is 0 Å². The van der Waals surface area contributed by atoms with E-state index in [2.05, 4.69) is 15.2 Å². The van der Waals surface area contributed by atoms with Crippen LogP contribution < -0.4 is 5.73 Å². The first-order valence-corrected chi connectivity index (χ1v) is 3.34. The summed E-state index contributed by atoms with van der Waals surface area (Å²) in [5.74, 6) is 0.519. The van der Waals surface area contributed by atoms with E-state index in [0.717, 1.165) is 16.6 Å². The van der Waals surface area contributed by atoms with Crippen molar-refractivity contribution in [2.75, 3.05) is 5.73 Å². The van der Waals surface area contributed by atoms with Crippen molar-refractivity contribution >= 4 is 16.7 Å². The van der Waals surface area contributed by atoms with Gasteiger partial charge in [0.05, 0.1) is 16.6 Å². The quantitative estimate of drug-likeness (QED) is 0.582. The summed E-state index contributed by atoms with van der Waals surface area (Å²) >= 11 is 0. The molecule has 0 aliphatic rings. The SMILES string of the molecule is Cc1nccc2[nH]nc(N)c12. The topological polar surface area (TPSA) is 67.6 Å². The summed E-state index contributed by atoms with van der Waals surface area (Å²) in [6.07, 6.45) is 1.73. The minimum absolute atomic E-state index is 0.519. The predicted molar refractivity (Wildman–Crippen MR) is 43.0 cm³/mol. The fourth-order valence-electron chi connectivity index (χ4n) is 1.16. The molecule has 0 aliphatic carbocycles. The van der Waals surface area contributed by atoms with E-state index in [9.17, 15) is 0 Å². The van der Waals surface area contributed by atoms with Gasteiger partial charge in [0.1, 0.15) is 0 Å². The molecule has 0 atom stereocenters. The molecule has 0 radical (unpaired) electrons. The highest BCUT2D eigenvalue weighted by atomic mass is 15.2. The fourth-order valence-corrected chi connectivity index (χ4v) is 1.16. The number of nitrogens with two attached hydrogens (primary N) is 1. The molecule has 2 aromatic heterocycles. The van der Waals surface area contributed by atoms with Crippen LogP contribution >= 0.6 is 0 Å². The second-order valence-corrected chi connectivity index (χ2v) is 2.43. The largest absolute Gasteiger partial charge is 0.382 e. The molecule has 3 N–H and O–H groups in total. The third kappa shape index (κ3) is 0.756. The normalized spacial score (nSPS) is 10.6. The first-order chi connectivity index (χ1) is 5.29. The number of pyridine rings is 1. The molecular weight excluding hydrogens is 140 g/mol. The Hall–Kier alpha value is -1.58. The molecule has 0 fully saturated rings. The molecule has 4 nitrogen and oxygen atoms in total. The number of nitrogens with one attached hydrogen (secondary N) is 1. The third-order valence-corrected chi connectivity index (χ3v) is 1.69. The number of rotatable bonds is 0. The van der Waals surface area contributed by atoms with Gasteiger partial charge in [0.2, 0.25) is 0 Å². The summed E-state index contributed by atoms with van der Waals surface area (Å²) in [6.45, 7) is 1.91. The van der Waals surface area contributed by atoms with Crippen LogP contribution in [-0.4, -0.2) is 15.2 Å². The molecule has 2 aromatic rings. The Balaban J connectivity index is 2.96. The molecular formula is C7H8N4. The van der Waals surface area contributed by atoms with Crippen LogP contribution in [0.25, 0.3) is 10.9 Å². The summed E-state index contributed by atoms with van der Waals surface area (Å²) in [7, 11) is 0. The van der Waals surface area contributed by atoms with Crippen LogP contribution in [0.15, 0.2) is 12.3 Å². The van der Waals surface area contributed by atoms with Gasteiger partial charge in [-0.05, 0) is 13.0 Å². The van der Waals surface area contributed by atoms with Gasteiger partial charge < -0.3 is 5.73 Å². The van der Waals surface area contributed by atoms with E-state index >= 15 is 0 Å². The molecule has 11 heavy (non-hydrogen) atoms. The second kappa shape index (κ2) is 1.95. The maximum atomic E-state index is 5.59. The van der Waals surface area contributed by atoms with Crippen LogP contribution in [0.5, 0.6) is 0 Å². The van der Waals surface area contributed by atoms with Crippen molar-refractivity contribution in [2.24, 2.45) is 0 Å². The van der Waals surface area contributed by atoms with Crippen LogP contribution in [0.2, 0.25) is 0 Å². The summed E-state index contributed by atoms with van der Waals surface area (Å²) in [6, 6.07) is 1.85. The van der Waals surface area contributed by atoms with Gasteiger partial charge in [-0.2, -0.15) is 5.10 Å². The van der Waals surface area contributed by atoms with E-state index in [1.54, 1.807) is 6.20 Å². The highest BCUT2D eigenvalue weighted by Crippen LogP contribution is 2.18. The molecule has 4 heteroatoms. The lowest BCUT2D eigenvalue weighted by Gasteiger charge is -1.92. The Morgan fingerprint density at radius 1 is 1.55 bits per heavy atom. The maximum absolute atomic E-state index is 5.59. The lowest BCUT2D eigenvalue weighted by molar-refractivity contribution is 1.13. The molecule has 0 spiro atoms. The number of nitrogens with zero attached hydrogens (tertiary/aromatic N) is 2. The average Bonchev–Trinajstić information content (AvgIpc) is 2.34. The lowest BCUT2D eigenvalue weighted by atomic mass is 10.2. The van der Waals surface area contributed by atoms with Crippen molar-refractivity contribution in [1.29, 1.82) is 0 Å². The van der Waals surface area contributed by atoms with Crippen molar-refractivity contribution in [3.8, 4) is 0 Å². The fraction of sp³-hybridized carbons (Fsp3) is 0.143. The van der Waals surface area contributed by atoms with Gasteiger partial charge in [-0.1, -0.05) is 0 Å². The summed E-state index contributed by atoms with van der Waals surface area (Å²) in [5.41, 5.74) is 7.45. The number of hydrogen-bond donors (Lipinski definition) is 2. The standard InChI is InChI=1S/C7H8N4/c1-4-6-5(2-3-9-4)10-11-7(6)8/h2-3H,1H3,(H3,8,10,11). The second-order valence-electron chi connectivity index (χ2n) is 2.43. The highest BCUT2D eigenvalue weighted by molar-refractivity contribution is 5.90. The molecule has 0 unspecified atom stereocenters. The van der Waals surface area contributed by atoms with E-state index in [1.165, 1.54) is 0 Å². The molecule has 0 saturated carbocycles. The number of nitrogen functional groups attached to an aromatic ring is 1. The average molecular weight is 148 g/mol. The van der Waals surface area contributed by atoms with Gasteiger partial charge in [-0.3, -0.25) is 10.1 Å². The van der Waals surface area contributed by atoms with Crippen LogP contribution in [-0.2, 0) is 0 Å². The number of hydrogen-bond acceptors (Lipinski definition) is 3. The van der Waals surface area contributed by atoms with E-state index in [4.69, 9.17) is 5.73 Å². The Kier molecular flexibility index (Phi) is 1.09. The first-order valence-electron chi connectivity index (χ1n) is 3.34. The number of anilines is 1. The predicted octanol–water partition coefficient (Wildman–Crippen LogP) is 0.849. The number of H-pyrrole nitrogens is 1. The molecule has 0 aliphatic heterocycles. The van der Waals surface area contributed by atoms with E-state index < -0.39 is 0 Å². The van der Waals surface area contributed by atoms with Gasteiger partial charge >= 0.3 is 0 Å². The Labute approximate surface area is 63.4 Å². The number of fused-ring (bicyclic) bond motifs is 1. The number of aryl methyl sites for hydroxylation is 1. The summed E-state index contributed by atoms with van der Waals surface area (Å²) in [4.78, 5) is 4.10. The van der Waals surface area contributed by atoms with E-state index in [0.29, 0.717) is 5.82 Å². The van der Waals surface area contributed by atoms with Gasteiger partial charge in [-0.25, -0.2) is 0 Å². The Morgan fingerprint density at radius 2 is 2.36 bits per heavy atom. The van der Waals surface area contributed by atoms with Crippen LogP contribution in [0.3, 0.4) is 0 Å². The minimum Gasteiger partial charge on any atom is -0.382 e. The molecule has 0 bridgehead atoms. The molecule has 0 amide bonds. The van der Waals surface area contributed by atoms with Crippen LogP contribution in [0.1, 0.15) is 5.69 Å². The van der Waals surface area contributed by atoms with Crippen LogP contribution in [0, 0.1) is 6.92 Å². The zero-order chi connectivity index (χ0) is 7.84. The number of aromatic amines is 1. The van der Waals surface area contributed by atoms with E-state index in [1.807, 2.05) is 13.0 Å². The van der Waals surface area contributed by atoms with E-state index in [-0.39, 0.29) is 0 Å². The monoisotopic (exact) mass is 148 g/mol. The summed E-state index contributed by atoms with van der Waals surface area (Å²) < 4.78 is 0. The van der Waals surface area contributed by atoms with Crippen molar-refractivity contribution in [3.63, 3.8) is 0 Å². The summed E-state index contributed by atoms with van der Waals surface area (Å²) in [5, 5.41) is 7.61. The van der Waals surface area contributed by atoms with Crippen LogP contribution in [0.4, 0.5) is 5.82 Å². The van der Waals surface area contributed by atoms with Crippen molar-refractivity contribution in [2.45, 2.75) is 6.92 Å². The molecule has 0 saturated heterocycles. The van der Waals surface area contributed by atoms with Crippen molar-refractivity contribution < 1.29 is 0 Å². The molecule has 56 valence electrons. The maximum Gasteiger partial charge on any atom is 0.154 e. The zero-order valence-corrected chi connectivity index (χ0v) is 6.13. The first kappa shape index (κ1) is 6.15. The molecule has 0 aromatic carbocycles. The lowest BCUT2D eigenvalue weighted by Crippen LogP contribution is -1.87. The van der Waals surface area contributed by atoms with Crippen molar-refractivity contribution in [1.82, 2.24) is 15.2 Å². The highest BCUT2D eigenvalue weighted by Gasteiger charge is 2.03. The zero-order valence-electron chi connectivity index (χ0n) is 6.13. The Bertz CT molecular complexity index is 390. The smallest absolute Gasteiger partial charge is 0.154 e.